The van der Waals surface area contributed by atoms with Crippen LogP contribution in [0.5, 0.6) is 0 Å². The Labute approximate surface area is 127 Å². The third kappa shape index (κ3) is 2.74. The summed E-state index contributed by atoms with van der Waals surface area (Å²) < 4.78 is 1.59. The molecule has 3 aromatic rings. The molecule has 0 unspecified atom stereocenters. The summed E-state index contributed by atoms with van der Waals surface area (Å²) in [6, 6.07) is 17.4. The molecule has 0 aliphatic heterocycles. The van der Waals surface area contributed by atoms with Crippen molar-refractivity contribution in [1.29, 1.82) is 0 Å². The highest BCUT2D eigenvalue weighted by Gasteiger charge is 2.20. The van der Waals surface area contributed by atoms with Gasteiger partial charge in [-0.2, -0.15) is 0 Å². The lowest BCUT2D eigenvalue weighted by atomic mass is 10.1. The van der Waals surface area contributed by atoms with Crippen molar-refractivity contribution in [2.45, 2.75) is 13.3 Å². The zero-order valence-electron chi connectivity index (χ0n) is 12.1. The lowest BCUT2D eigenvalue weighted by Crippen LogP contribution is -2.07. The van der Waals surface area contributed by atoms with E-state index in [-0.39, 0.29) is 5.69 Å². The Morgan fingerprint density at radius 3 is 2.41 bits per heavy atom. The minimum Gasteiger partial charge on any atom is -0.476 e. The summed E-state index contributed by atoms with van der Waals surface area (Å²) in [5, 5.41) is 17.2. The number of aromatic carboxylic acids is 1. The smallest absolute Gasteiger partial charge is 0.358 e. The summed E-state index contributed by atoms with van der Waals surface area (Å²) in [7, 11) is 0. The molecule has 5 nitrogen and oxygen atoms in total. The standard InChI is InChI=1S/C17H15N3O2/c1-12-7-9-14(10-8-12)20-15(16(17(21)22)18-19-20)11-13-5-3-2-4-6-13/h2-10H,11H2,1H3,(H,21,22). The second-order valence-corrected chi connectivity index (χ2v) is 5.10. The zero-order valence-corrected chi connectivity index (χ0v) is 12.1. The number of benzene rings is 2. The van der Waals surface area contributed by atoms with Crippen molar-refractivity contribution < 1.29 is 9.90 Å². The van der Waals surface area contributed by atoms with Crippen LogP contribution in [0.2, 0.25) is 0 Å². The Morgan fingerprint density at radius 2 is 1.77 bits per heavy atom. The number of aryl methyl sites for hydroxylation is 1. The van der Waals surface area contributed by atoms with Gasteiger partial charge < -0.3 is 5.11 Å². The van der Waals surface area contributed by atoms with Gasteiger partial charge in [0.1, 0.15) is 0 Å². The van der Waals surface area contributed by atoms with Gasteiger partial charge in [0.15, 0.2) is 5.69 Å². The molecule has 110 valence electrons. The molecule has 0 bridgehead atoms. The SMILES string of the molecule is Cc1ccc(-n2nnc(C(=O)O)c2Cc2ccccc2)cc1. The molecule has 0 amide bonds. The number of rotatable bonds is 4. The number of hydrogen-bond donors (Lipinski definition) is 1. The summed E-state index contributed by atoms with van der Waals surface area (Å²) >= 11 is 0. The van der Waals surface area contributed by atoms with Crippen LogP contribution in [0.15, 0.2) is 54.6 Å². The number of hydrogen-bond acceptors (Lipinski definition) is 3. The summed E-state index contributed by atoms with van der Waals surface area (Å²) in [5.74, 6) is -1.07. The van der Waals surface area contributed by atoms with Crippen molar-refractivity contribution in [1.82, 2.24) is 15.0 Å². The van der Waals surface area contributed by atoms with E-state index in [2.05, 4.69) is 10.3 Å². The quantitative estimate of drug-likeness (QED) is 0.803. The van der Waals surface area contributed by atoms with Crippen molar-refractivity contribution in [2.24, 2.45) is 0 Å². The monoisotopic (exact) mass is 293 g/mol. The Hall–Kier alpha value is -2.95. The number of carboxylic acid groups (broad SMARTS) is 1. The van der Waals surface area contributed by atoms with E-state index in [4.69, 9.17) is 0 Å². The van der Waals surface area contributed by atoms with E-state index in [1.165, 1.54) is 0 Å². The van der Waals surface area contributed by atoms with Gasteiger partial charge in [-0.3, -0.25) is 0 Å². The van der Waals surface area contributed by atoms with Crippen molar-refractivity contribution >= 4 is 5.97 Å². The first-order chi connectivity index (χ1) is 10.6. The summed E-state index contributed by atoms with van der Waals surface area (Å²) in [4.78, 5) is 11.4. The van der Waals surface area contributed by atoms with Gasteiger partial charge in [0.05, 0.1) is 11.4 Å². The molecule has 0 fully saturated rings. The normalized spacial score (nSPS) is 10.6. The van der Waals surface area contributed by atoms with Crippen LogP contribution in [0.25, 0.3) is 5.69 Å². The van der Waals surface area contributed by atoms with Crippen LogP contribution in [0, 0.1) is 6.92 Å². The summed E-state index contributed by atoms with van der Waals surface area (Å²) in [6.07, 6.45) is 0.462. The fourth-order valence-corrected chi connectivity index (χ4v) is 2.31. The van der Waals surface area contributed by atoms with Crippen LogP contribution in [0.3, 0.4) is 0 Å². The maximum Gasteiger partial charge on any atom is 0.358 e. The van der Waals surface area contributed by atoms with E-state index in [0.717, 1.165) is 16.8 Å². The first kappa shape index (κ1) is 14.0. The average Bonchev–Trinajstić information content (AvgIpc) is 2.93. The van der Waals surface area contributed by atoms with Crippen LogP contribution in [-0.4, -0.2) is 26.1 Å². The molecule has 5 heteroatoms. The van der Waals surface area contributed by atoms with E-state index in [1.807, 2.05) is 61.5 Å². The van der Waals surface area contributed by atoms with Crippen LogP contribution in [0.4, 0.5) is 0 Å². The fourth-order valence-electron chi connectivity index (χ4n) is 2.31. The highest BCUT2D eigenvalue weighted by atomic mass is 16.4. The van der Waals surface area contributed by atoms with E-state index in [9.17, 15) is 9.90 Å². The van der Waals surface area contributed by atoms with Gasteiger partial charge in [-0.25, -0.2) is 9.48 Å². The van der Waals surface area contributed by atoms with Crippen LogP contribution in [-0.2, 0) is 6.42 Å². The van der Waals surface area contributed by atoms with Gasteiger partial charge in [-0.1, -0.05) is 53.2 Å². The van der Waals surface area contributed by atoms with E-state index in [0.29, 0.717) is 12.1 Å². The lowest BCUT2D eigenvalue weighted by Gasteiger charge is -2.07. The molecule has 0 aliphatic rings. The molecule has 0 spiro atoms. The number of nitrogens with zero attached hydrogens (tertiary/aromatic N) is 3. The second kappa shape index (κ2) is 5.81. The minimum absolute atomic E-state index is 0.00979. The fraction of sp³-hybridized carbons (Fsp3) is 0.118. The maximum absolute atomic E-state index is 11.4. The highest BCUT2D eigenvalue weighted by molar-refractivity contribution is 5.86. The predicted molar refractivity (Wildman–Crippen MR) is 82.3 cm³/mol. The number of carbonyl (C=O) groups is 1. The Morgan fingerprint density at radius 1 is 1.09 bits per heavy atom. The topological polar surface area (TPSA) is 68.0 Å². The molecule has 0 atom stereocenters. The third-order valence-corrected chi connectivity index (χ3v) is 3.46. The first-order valence-corrected chi connectivity index (χ1v) is 6.94. The van der Waals surface area contributed by atoms with Gasteiger partial charge in [0.2, 0.25) is 0 Å². The molecule has 0 saturated carbocycles. The summed E-state index contributed by atoms with van der Waals surface area (Å²) in [5.41, 5.74) is 3.51. The van der Waals surface area contributed by atoms with Crippen molar-refractivity contribution in [2.75, 3.05) is 0 Å². The largest absolute Gasteiger partial charge is 0.476 e. The van der Waals surface area contributed by atoms with Crippen molar-refractivity contribution in [3.8, 4) is 5.69 Å². The van der Waals surface area contributed by atoms with Gasteiger partial charge in [0, 0.05) is 6.42 Å². The van der Waals surface area contributed by atoms with E-state index < -0.39 is 5.97 Å². The van der Waals surface area contributed by atoms with E-state index >= 15 is 0 Å². The maximum atomic E-state index is 11.4. The second-order valence-electron chi connectivity index (χ2n) is 5.10. The van der Waals surface area contributed by atoms with Crippen LogP contribution >= 0.6 is 0 Å². The van der Waals surface area contributed by atoms with Crippen molar-refractivity contribution in [3.63, 3.8) is 0 Å². The van der Waals surface area contributed by atoms with Gasteiger partial charge in [-0.05, 0) is 24.6 Å². The summed E-state index contributed by atoms with van der Waals surface area (Å²) in [6.45, 7) is 2.00. The molecule has 1 aromatic heterocycles. The molecule has 22 heavy (non-hydrogen) atoms. The van der Waals surface area contributed by atoms with Crippen molar-refractivity contribution in [3.05, 3.63) is 77.1 Å². The molecule has 1 N–H and O–H groups in total. The molecule has 3 rings (SSSR count). The molecule has 2 aromatic carbocycles. The molecular formula is C17H15N3O2. The Bertz CT molecular complexity index is 793. The van der Waals surface area contributed by atoms with E-state index in [1.54, 1.807) is 4.68 Å². The zero-order chi connectivity index (χ0) is 15.5. The van der Waals surface area contributed by atoms with Crippen LogP contribution < -0.4 is 0 Å². The van der Waals surface area contributed by atoms with Gasteiger partial charge in [0.25, 0.3) is 0 Å². The van der Waals surface area contributed by atoms with Gasteiger partial charge in [-0.15, -0.1) is 5.10 Å². The molecule has 0 aliphatic carbocycles. The molecule has 1 heterocycles. The molecular weight excluding hydrogens is 278 g/mol. The predicted octanol–water partition coefficient (Wildman–Crippen LogP) is 2.86. The average molecular weight is 293 g/mol. The Kier molecular flexibility index (Phi) is 3.70. The van der Waals surface area contributed by atoms with Gasteiger partial charge >= 0.3 is 5.97 Å². The Balaban J connectivity index is 2.07. The minimum atomic E-state index is -1.07. The first-order valence-electron chi connectivity index (χ1n) is 6.94. The third-order valence-electron chi connectivity index (χ3n) is 3.46. The molecule has 0 radical (unpaired) electrons. The lowest BCUT2D eigenvalue weighted by molar-refractivity contribution is 0.0689. The number of carboxylic acids is 1. The number of aromatic nitrogens is 3. The molecule has 0 saturated heterocycles. The van der Waals surface area contributed by atoms with Crippen LogP contribution in [0.1, 0.15) is 27.3 Å². The highest BCUT2D eigenvalue weighted by Crippen LogP contribution is 2.17.